The van der Waals surface area contributed by atoms with Gasteiger partial charge in [-0.15, -0.1) is 0 Å². The molecule has 1 atom stereocenters. The summed E-state index contributed by atoms with van der Waals surface area (Å²) in [5.41, 5.74) is -1.99. The number of carboxylic acid groups (broad SMARTS) is 1. The molecule has 0 saturated carbocycles. The highest BCUT2D eigenvalue weighted by molar-refractivity contribution is 5.84. The van der Waals surface area contributed by atoms with E-state index in [2.05, 4.69) is 4.74 Å². The molecule has 1 unspecified atom stereocenters. The lowest BCUT2D eigenvalue weighted by Crippen LogP contribution is -2.41. The monoisotopic (exact) mass is 204 g/mol. The van der Waals surface area contributed by atoms with Gasteiger partial charge in [-0.1, -0.05) is 13.3 Å². The van der Waals surface area contributed by atoms with Crippen molar-refractivity contribution in [2.75, 3.05) is 6.61 Å². The van der Waals surface area contributed by atoms with Crippen molar-refractivity contribution in [3.8, 4) is 0 Å². The third-order valence-electron chi connectivity index (χ3n) is 1.80. The summed E-state index contributed by atoms with van der Waals surface area (Å²) in [6.45, 7) is 3.54. The van der Waals surface area contributed by atoms with E-state index in [0.717, 1.165) is 0 Å². The maximum Gasteiger partial charge on any atom is 0.336 e. The van der Waals surface area contributed by atoms with Gasteiger partial charge in [-0.3, -0.25) is 4.79 Å². The van der Waals surface area contributed by atoms with E-state index in [1.807, 2.05) is 0 Å². The van der Waals surface area contributed by atoms with Crippen LogP contribution in [0.4, 0.5) is 0 Å². The standard InChI is InChI=1S/C9H16O5/c1-3-5-9(13,8(11)12)6-7(10)14-4-2/h13H,3-6H2,1-2H3,(H,11,12). The van der Waals surface area contributed by atoms with Crippen molar-refractivity contribution < 1.29 is 24.5 Å². The Morgan fingerprint density at radius 1 is 1.36 bits per heavy atom. The van der Waals surface area contributed by atoms with Crippen molar-refractivity contribution in [2.24, 2.45) is 0 Å². The van der Waals surface area contributed by atoms with Crippen molar-refractivity contribution in [3.05, 3.63) is 0 Å². The number of hydrogen-bond donors (Lipinski definition) is 2. The summed E-state index contributed by atoms with van der Waals surface area (Å²) in [6, 6.07) is 0. The molecule has 2 N–H and O–H groups in total. The van der Waals surface area contributed by atoms with E-state index in [0.29, 0.717) is 6.42 Å². The van der Waals surface area contributed by atoms with Gasteiger partial charge in [0.25, 0.3) is 0 Å². The van der Waals surface area contributed by atoms with E-state index in [4.69, 9.17) is 5.11 Å². The summed E-state index contributed by atoms with van der Waals surface area (Å²) in [6.07, 6.45) is 0.0351. The summed E-state index contributed by atoms with van der Waals surface area (Å²) in [5, 5.41) is 18.3. The lowest BCUT2D eigenvalue weighted by Gasteiger charge is -2.21. The molecule has 0 fully saturated rings. The Bertz CT molecular complexity index is 213. The zero-order valence-electron chi connectivity index (χ0n) is 8.45. The summed E-state index contributed by atoms with van der Waals surface area (Å²) >= 11 is 0. The van der Waals surface area contributed by atoms with E-state index < -0.39 is 24.0 Å². The van der Waals surface area contributed by atoms with Gasteiger partial charge in [-0.25, -0.2) is 4.79 Å². The number of carbonyl (C=O) groups is 2. The molecular formula is C9H16O5. The molecule has 0 aliphatic heterocycles. The Kier molecular flexibility index (Phi) is 5.15. The number of ether oxygens (including phenoxy) is 1. The van der Waals surface area contributed by atoms with Crippen molar-refractivity contribution in [1.82, 2.24) is 0 Å². The first-order valence-corrected chi connectivity index (χ1v) is 4.57. The van der Waals surface area contributed by atoms with Crippen LogP contribution in [0.25, 0.3) is 0 Å². The molecule has 14 heavy (non-hydrogen) atoms. The van der Waals surface area contributed by atoms with Gasteiger partial charge in [0.15, 0.2) is 5.60 Å². The van der Waals surface area contributed by atoms with Gasteiger partial charge in [0.05, 0.1) is 13.0 Å². The SMILES string of the molecule is CCCC(O)(CC(=O)OCC)C(=O)O. The fourth-order valence-electron chi connectivity index (χ4n) is 1.14. The molecule has 82 valence electrons. The van der Waals surface area contributed by atoms with E-state index in [1.54, 1.807) is 13.8 Å². The highest BCUT2D eigenvalue weighted by atomic mass is 16.5. The highest BCUT2D eigenvalue weighted by Gasteiger charge is 2.37. The molecule has 5 heteroatoms. The van der Waals surface area contributed by atoms with Crippen LogP contribution >= 0.6 is 0 Å². The quantitative estimate of drug-likeness (QED) is 0.617. The molecule has 0 saturated heterocycles. The zero-order valence-corrected chi connectivity index (χ0v) is 8.45. The topological polar surface area (TPSA) is 83.8 Å². The molecule has 0 aromatic carbocycles. The number of carbonyl (C=O) groups excluding carboxylic acids is 1. The first-order valence-electron chi connectivity index (χ1n) is 4.57. The molecule has 0 aromatic rings. The van der Waals surface area contributed by atoms with Crippen molar-refractivity contribution in [3.63, 3.8) is 0 Å². The van der Waals surface area contributed by atoms with Gasteiger partial charge in [-0.2, -0.15) is 0 Å². The zero-order chi connectivity index (χ0) is 11.2. The molecule has 0 aromatic heterocycles. The van der Waals surface area contributed by atoms with Gasteiger partial charge in [0.1, 0.15) is 0 Å². The average Bonchev–Trinajstić information content (AvgIpc) is 2.04. The van der Waals surface area contributed by atoms with Gasteiger partial charge >= 0.3 is 11.9 Å². The van der Waals surface area contributed by atoms with Crippen LogP contribution in [0.15, 0.2) is 0 Å². The molecule has 0 amide bonds. The normalized spacial score (nSPS) is 14.5. The minimum absolute atomic E-state index is 0.0428. The largest absolute Gasteiger partial charge is 0.479 e. The fraction of sp³-hybridized carbons (Fsp3) is 0.778. The Morgan fingerprint density at radius 3 is 2.29 bits per heavy atom. The molecule has 0 radical (unpaired) electrons. The first-order chi connectivity index (χ1) is 6.46. The third kappa shape index (κ3) is 3.74. The summed E-state index contributed by atoms with van der Waals surface area (Å²) in [4.78, 5) is 21.7. The summed E-state index contributed by atoms with van der Waals surface area (Å²) in [5.74, 6) is -2.07. The molecule has 0 rings (SSSR count). The molecule has 0 bridgehead atoms. The first kappa shape index (κ1) is 12.9. The number of carboxylic acids is 1. The number of aliphatic hydroxyl groups is 1. The molecule has 0 aliphatic carbocycles. The minimum Gasteiger partial charge on any atom is -0.479 e. The van der Waals surface area contributed by atoms with Crippen molar-refractivity contribution in [1.29, 1.82) is 0 Å². The predicted molar refractivity (Wildman–Crippen MR) is 48.7 cm³/mol. The van der Waals surface area contributed by atoms with Crippen LogP contribution in [0.3, 0.4) is 0 Å². The molecule has 0 spiro atoms. The molecule has 0 heterocycles. The van der Waals surface area contributed by atoms with E-state index in [-0.39, 0.29) is 13.0 Å². The Balaban J connectivity index is 4.36. The van der Waals surface area contributed by atoms with Crippen LogP contribution in [-0.2, 0) is 14.3 Å². The minimum atomic E-state index is -1.99. The van der Waals surface area contributed by atoms with Crippen LogP contribution in [-0.4, -0.2) is 34.4 Å². The number of aliphatic carboxylic acids is 1. The maximum absolute atomic E-state index is 11.0. The second-order valence-electron chi connectivity index (χ2n) is 3.07. The van der Waals surface area contributed by atoms with Gasteiger partial charge in [0.2, 0.25) is 0 Å². The Morgan fingerprint density at radius 2 is 1.93 bits per heavy atom. The van der Waals surface area contributed by atoms with Crippen LogP contribution < -0.4 is 0 Å². The van der Waals surface area contributed by atoms with E-state index >= 15 is 0 Å². The fourth-order valence-corrected chi connectivity index (χ4v) is 1.14. The van der Waals surface area contributed by atoms with Crippen molar-refractivity contribution in [2.45, 2.75) is 38.7 Å². The van der Waals surface area contributed by atoms with Crippen LogP contribution in [0.2, 0.25) is 0 Å². The van der Waals surface area contributed by atoms with E-state index in [9.17, 15) is 14.7 Å². The molecule has 5 nitrogen and oxygen atoms in total. The van der Waals surface area contributed by atoms with Gasteiger partial charge in [0, 0.05) is 0 Å². The Hall–Kier alpha value is -1.10. The third-order valence-corrected chi connectivity index (χ3v) is 1.80. The maximum atomic E-state index is 11.0. The number of rotatable bonds is 6. The number of esters is 1. The number of hydrogen-bond acceptors (Lipinski definition) is 4. The molecular weight excluding hydrogens is 188 g/mol. The van der Waals surface area contributed by atoms with Gasteiger partial charge < -0.3 is 14.9 Å². The average molecular weight is 204 g/mol. The lowest BCUT2D eigenvalue weighted by molar-refractivity contribution is -0.167. The van der Waals surface area contributed by atoms with Crippen molar-refractivity contribution >= 4 is 11.9 Å². The highest BCUT2D eigenvalue weighted by Crippen LogP contribution is 2.18. The summed E-state index contributed by atoms with van der Waals surface area (Å²) in [7, 11) is 0. The smallest absolute Gasteiger partial charge is 0.336 e. The molecule has 0 aliphatic rings. The second-order valence-corrected chi connectivity index (χ2v) is 3.07. The Labute approximate surface area is 82.7 Å². The second kappa shape index (κ2) is 5.59. The lowest BCUT2D eigenvalue weighted by atomic mass is 9.94. The van der Waals surface area contributed by atoms with Crippen LogP contribution in [0.5, 0.6) is 0 Å². The summed E-state index contributed by atoms with van der Waals surface area (Å²) < 4.78 is 4.57. The van der Waals surface area contributed by atoms with E-state index in [1.165, 1.54) is 0 Å². The van der Waals surface area contributed by atoms with Gasteiger partial charge in [-0.05, 0) is 13.3 Å². The van der Waals surface area contributed by atoms with Crippen LogP contribution in [0, 0.1) is 0 Å². The van der Waals surface area contributed by atoms with Crippen LogP contribution in [0.1, 0.15) is 33.1 Å². The predicted octanol–water partition coefficient (Wildman–Crippen LogP) is 0.555.